The quantitative estimate of drug-likeness (QED) is 0.582. The van der Waals surface area contributed by atoms with Crippen molar-refractivity contribution in [3.05, 3.63) is 23.8 Å². The molecule has 4 heteroatoms. The predicted molar refractivity (Wildman–Crippen MR) is 60.7 cm³/mol. The van der Waals surface area contributed by atoms with Gasteiger partial charge in [-0.25, -0.2) is 0 Å². The van der Waals surface area contributed by atoms with E-state index in [0.29, 0.717) is 13.0 Å². The van der Waals surface area contributed by atoms with Gasteiger partial charge < -0.3 is 15.8 Å². The Balaban J connectivity index is 2.44. The minimum atomic E-state index is -0.220. The molecule has 1 aromatic rings. The van der Waals surface area contributed by atoms with Crippen LogP contribution in [0.25, 0.3) is 0 Å². The zero-order valence-corrected chi connectivity index (χ0v) is 9.04. The van der Waals surface area contributed by atoms with Crippen LogP contribution in [0.1, 0.15) is 12.0 Å². The van der Waals surface area contributed by atoms with Crippen LogP contribution >= 0.6 is 0 Å². The molecule has 3 N–H and O–H groups in total. The van der Waals surface area contributed by atoms with Crippen LogP contribution in [0.5, 0.6) is 0 Å². The number of ether oxygens (including phenoxy) is 1. The molecular weight excluding hydrogens is 192 g/mol. The number of aryl methyl sites for hydroxylation is 1. The first kappa shape index (κ1) is 11.4. The fourth-order valence-electron chi connectivity index (χ4n) is 1.16. The highest BCUT2D eigenvalue weighted by molar-refractivity contribution is 5.70. The van der Waals surface area contributed by atoms with E-state index < -0.39 is 0 Å². The molecule has 15 heavy (non-hydrogen) atoms. The summed E-state index contributed by atoms with van der Waals surface area (Å²) in [4.78, 5) is 10.8. The van der Waals surface area contributed by atoms with Crippen molar-refractivity contribution in [2.24, 2.45) is 0 Å². The summed E-state index contributed by atoms with van der Waals surface area (Å²) >= 11 is 0. The van der Waals surface area contributed by atoms with Crippen molar-refractivity contribution < 1.29 is 9.53 Å². The summed E-state index contributed by atoms with van der Waals surface area (Å²) in [6, 6.07) is 5.73. The fraction of sp³-hybridized carbons (Fsp3) is 0.364. The molecule has 0 spiro atoms. The number of carbonyl (C=O) groups is 1. The van der Waals surface area contributed by atoms with Gasteiger partial charge in [0.25, 0.3) is 0 Å². The Morgan fingerprint density at radius 2 is 2.27 bits per heavy atom. The predicted octanol–water partition coefficient (Wildman–Crippen LogP) is 1.55. The van der Waals surface area contributed by atoms with E-state index in [1.165, 1.54) is 7.11 Å². The van der Waals surface area contributed by atoms with Gasteiger partial charge >= 0.3 is 5.97 Å². The summed E-state index contributed by atoms with van der Waals surface area (Å²) < 4.78 is 4.53. The lowest BCUT2D eigenvalue weighted by Gasteiger charge is -2.07. The molecule has 82 valence electrons. The molecular formula is C11H16N2O2. The minimum Gasteiger partial charge on any atom is -0.469 e. The van der Waals surface area contributed by atoms with Crippen molar-refractivity contribution in [3.8, 4) is 0 Å². The molecule has 0 aliphatic heterocycles. The number of nitrogens with one attached hydrogen (secondary N) is 1. The van der Waals surface area contributed by atoms with E-state index in [1.807, 2.05) is 25.1 Å². The number of nitrogens with two attached hydrogens (primary N) is 1. The second kappa shape index (κ2) is 5.24. The normalized spacial score (nSPS) is 9.73. The number of benzene rings is 1. The molecule has 0 saturated carbocycles. The summed E-state index contributed by atoms with van der Waals surface area (Å²) in [5, 5.41) is 3.10. The third-order valence-electron chi connectivity index (χ3n) is 2.17. The lowest BCUT2D eigenvalue weighted by molar-refractivity contribution is -0.140. The van der Waals surface area contributed by atoms with Crippen molar-refractivity contribution >= 4 is 17.3 Å². The van der Waals surface area contributed by atoms with Crippen molar-refractivity contribution in [1.82, 2.24) is 0 Å². The molecule has 0 bridgehead atoms. The Morgan fingerprint density at radius 3 is 2.87 bits per heavy atom. The Kier molecular flexibility index (Phi) is 3.97. The monoisotopic (exact) mass is 208 g/mol. The van der Waals surface area contributed by atoms with E-state index in [-0.39, 0.29) is 5.97 Å². The van der Waals surface area contributed by atoms with Gasteiger partial charge in [0.2, 0.25) is 0 Å². The highest BCUT2D eigenvalue weighted by atomic mass is 16.5. The van der Waals surface area contributed by atoms with Gasteiger partial charge in [0.15, 0.2) is 0 Å². The molecule has 0 fully saturated rings. The van der Waals surface area contributed by atoms with Crippen molar-refractivity contribution in [2.75, 3.05) is 24.7 Å². The lowest BCUT2D eigenvalue weighted by atomic mass is 10.2. The van der Waals surface area contributed by atoms with Crippen LogP contribution in [0, 0.1) is 6.92 Å². The van der Waals surface area contributed by atoms with Gasteiger partial charge in [-0.05, 0) is 24.6 Å². The Bertz CT molecular complexity index is 350. The molecule has 0 aliphatic rings. The number of nitrogen functional groups attached to an aromatic ring is 1. The Hall–Kier alpha value is -1.71. The number of anilines is 2. The zero-order valence-electron chi connectivity index (χ0n) is 9.04. The van der Waals surface area contributed by atoms with E-state index in [4.69, 9.17) is 5.73 Å². The van der Waals surface area contributed by atoms with Crippen LogP contribution in [0.15, 0.2) is 18.2 Å². The summed E-state index contributed by atoms with van der Waals surface area (Å²) in [5.74, 6) is -0.220. The Morgan fingerprint density at radius 1 is 1.53 bits per heavy atom. The van der Waals surface area contributed by atoms with E-state index in [0.717, 1.165) is 16.9 Å². The first-order valence-corrected chi connectivity index (χ1v) is 4.80. The van der Waals surface area contributed by atoms with E-state index in [9.17, 15) is 4.79 Å². The number of hydrogen-bond acceptors (Lipinski definition) is 4. The SMILES string of the molecule is COC(=O)CCNc1ccc(C)c(N)c1. The second-order valence-electron chi connectivity index (χ2n) is 3.32. The molecule has 1 aromatic carbocycles. The minimum absolute atomic E-state index is 0.220. The maximum atomic E-state index is 10.8. The van der Waals surface area contributed by atoms with Gasteiger partial charge in [0, 0.05) is 17.9 Å². The molecule has 0 amide bonds. The van der Waals surface area contributed by atoms with Gasteiger partial charge in [-0.3, -0.25) is 4.79 Å². The summed E-state index contributed by atoms with van der Waals surface area (Å²) in [5.41, 5.74) is 8.46. The average Bonchev–Trinajstić information content (AvgIpc) is 2.23. The van der Waals surface area contributed by atoms with Crippen LogP contribution in [0.4, 0.5) is 11.4 Å². The molecule has 0 unspecified atom stereocenters. The molecule has 1 rings (SSSR count). The van der Waals surface area contributed by atoms with E-state index >= 15 is 0 Å². The summed E-state index contributed by atoms with van der Waals surface area (Å²) in [6.45, 7) is 2.50. The average molecular weight is 208 g/mol. The molecule has 0 radical (unpaired) electrons. The third-order valence-corrected chi connectivity index (χ3v) is 2.17. The second-order valence-corrected chi connectivity index (χ2v) is 3.32. The van der Waals surface area contributed by atoms with Crippen molar-refractivity contribution in [2.45, 2.75) is 13.3 Å². The summed E-state index contributed by atoms with van der Waals surface area (Å²) in [7, 11) is 1.38. The van der Waals surface area contributed by atoms with E-state index in [2.05, 4.69) is 10.1 Å². The highest BCUT2D eigenvalue weighted by Gasteiger charge is 2.00. The van der Waals surface area contributed by atoms with Gasteiger partial charge in [-0.15, -0.1) is 0 Å². The maximum Gasteiger partial charge on any atom is 0.307 e. The van der Waals surface area contributed by atoms with Crippen LogP contribution in [-0.4, -0.2) is 19.6 Å². The smallest absolute Gasteiger partial charge is 0.307 e. The van der Waals surface area contributed by atoms with E-state index in [1.54, 1.807) is 0 Å². The largest absolute Gasteiger partial charge is 0.469 e. The number of hydrogen-bond donors (Lipinski definition) is 2. The molecule has 4 nitrogen and oxygen atoms in total. The van der Waals surface area contributed by atoms with Crippen molar-refractivity contribution in [3.63, 3.8) is 0 Å². The fourth-order valence-corrected chi connectivity index (χ4v) is 1.16. The Labute approximate surface area is 89.4 Å². The number of rotatable bonds is 4. The summed E-state index contributed by atoms with van der Waals surface area (Å²) in [6.07, 6.45) is 0.351. The third kappa shape index (κ3) is 3.50. The van der Waals surface area contributed by atoms with Crippen LogP contribution in [0.3, 0.4) is 0 Å². The van der Waals surface area contributed by atoms with Gasteiger partial charge in [0.05, 0.1) is 13.5 Å². The number of carbonyl (C=O) groups excluding carboxylic acids is 1. The molecule has 0 saturated heterocycles. The molecule has 0 atom stereocenters. The van der Waals surface area contributed by atoms with Crippen LogP contribution < -0.4 is 11.1 Å². The molecule has 0 heterocycles. The highest BCUT2D eigenvalue weighted by Crippen LogP contribution is 2.16. The van der Waals surface area contributed by atoms with Crippen LogP contribution in [-0.2, 0) is 9.53 Å². The number of methoxy groups -OCH3 is 1. The van der Waals surface area contributed by atoms with Gasteiger partial charge in [-0.2, -0.15) is 0 Å². The lowest BCUT2D eigenvalue weighted by Crippen LogP contribution is -2.09. The topological polar surface area (TPSA) is 64.3 Å². The zero-order chi connectivity index (χ0) is 11.3. The van der Waals surface area contributed by atoms with Gasteiger partial charge in [0.1, 0.15) is 0 Å². The number of esters is 1. The molecule has 0 aromatic heterocycles. The maximum absolute atomic E-state index is 10.8. The van der Waals surface area contributed by atoms with Crippen molar-refractivity contribution in [1.29, 1.82) is 0 Å². The van der Waals surface area contributed by atoms with Gasteiger partial charge in [-0.1, -0.05) is 6.07 Å². The standard InChI is InChI=1S/C11H16N2O2/c1-8-3-4-9(7-10(8)12)13-6-5-11(14)15-2/h3-4,7,13H,5-6,12H2,1-2H3. The van der Waals surface area contributed by atoms with Crippen LogP contribution in [0.2, 0.25) is 0 Å². The first-order valence-electron chi connectivity index (χ1n) is 4.80. The molecule has 0 aliphatic carbocycles. The first-order chi connectivity index (χ1) is 7.13.